The van der Waals surface area contributed by atoms with Crippen molar-refractivity contribution >= 4 is 17.8 Å². The summed E-state index contributed by atoms with van der Waals surface area (Å²) < 4.78 is 5.40. The van der Waals surface area contributed by atoms with Crippen LogP contribution in [-0.2, 0) is 0 Å². The van der Waals surface area contributed by atoms with Crippen LogP contribution in [0.1, 0.15) is 5.56 Å². The lowest BCUT2D eigenvalue weighted by Crippen LogP contribution is -1.90. The Morgan fingerprint density at radius 2 is 1.94 bits per heavy atom. The zero-order valence-electron chi connectivity index (χ0n) is 9.63. The average molecular weight is 226 g/mol. The highest BCUT2D eigenvalue weighted by Gasteiger charge is 1.94. The molecule has 0 atom stereocenters. The first-order chi connectivity index (χ1) is 8.25. The van der Waals surface area contributed by atoms with Gasteiger partial charge in [-0.05, 0) is 36.8 Å². The lowest BCUT2D eigenvalue weighted by atomic mass is 10.2. The number of nitrogens with two attached hydrogens (primary N) is 1. The first-order valence-electron chi connectivity index (χ1n) is 5.36. The molecule has 0 aliphatic rings. The molecule has 0 aliphatic carbocycles. The maximum atomic E-state index is 5.75. The molecule has 0 heterocycles. The second-order valence-corrected chi connectivity index (χ2v) is 3.73. The molecule has 0 unspecified atom stereocenters. The molecule has 2 N–H and O–H groups in total. The molecule has 2 rings (SSSR count). The number of ether oxygens (including phenoxy) is 1. The molecular formula is C14H14N2O. The number of aryl methyl sites for hydroxylation is 1. The Kier molecular flexibility index (Phi) is 3.40. The highest BCUT2D eigenvalue weighted by Crippen LogP contribution is 2.20. The Bertz CT molecular complexity index is 535. The van der Waals surface area contributed by atoms with Gasteiger partial charge in [-0.25, -0.2) is 4.99 Å². The van der Waals surface area contributed by atoms with E-state index >= 15 is 0 Å². The monoisotopic (exact) mass is 226 g/mol. The van der Waals surface area contributed by atoms with E-state index in [1.54, 1.807) is 6.07 Å². The van der Waals surface area contributed by atoms with E-state index in [1.165, 1.54) is 6.40 Å². The van der Waals surface area contributed by atoms with Crippen molar-refractivity contribution in [3.63, 3.8) is 0 Å². The van der Waals surface area contributed by atoms with Crippen LogP contribution in [0.25, 0.3) is 0 Å². The molecule has 0 bridgehead atoms. The third-order valence-corrected chi connectivity index (χ3v) is 2.31. The zero-order chi connectivity index (χ0) is 12.1. The van der Waals surface area contributed by atoms with Crippen molar-refractivity contribution in [1.29, 1.82) is 0 Å². The van der Waals surface area contributed by atoms with Crippen molar-refractivity contribution in [3.05, 3.63) is 54.1 Å². The smallest absolute Gasteiger partial charge is 0.181 e. The van der Waals surface area contributed by atoms with Crippen LogP contribution in [0, 0.1) is 6.92 Å². The SMILES string of the molecule is Cc1cccc(OC=Nc2ccccc2N)c1. The van der Waals surface area contributed by atoms with E-state index in [9.17, 15) is 0 Å². The minimum Gasteiger partial charge on any atom is -0.446 e. The molecule has 17 heavy (non-hydrogen) atoms. The van der Waals surface area contributed by atoms with Gasteiger partial charge in [0.15, 0.2) is 6.40 Å². The highest BCUT2D eigenvalue weighted by atomic mass is 16.5. The van der Waals surface area contributed by atoms with Gasteiger partial charge in [-0.15, -0.1) is 0 Å². The number of anilines is 1. The molecule has 2 aromatic rings. The maximum absolute atomic E-state index is 5.75. The molecule has 3 heteroatoms. The second kappa shape index (κ2) is 5.16. The van der Waals surface area contributed by atoms with Crippen LogP contribution in [-0.4, -0.2) is 6.40 Å². The minimum absolute atomic E-state index is 0.636. The molecule has 0 fully saturated rings. The average Bonchev–Trinajstić information content (AvgIpc) is 2.32. The molecule has 0 aliphatic heterocycles. The van der Waals surface area contributed by atoms with E-state index in [-0.39, 0.29) is 0 Å². The predicted octanol–water partition coefficient (Wildman–Crippen LogP) is 3.32. The fourth-order valence-corrected chi connectivity index (χ4v) is 1.44. The van der Waals surface area contributed by atoms with Crippen molar-refractivity contribution < 1.29 is 4.74 Å². The Labute approximate surface area is 101 Å². The largest absolute Gasteiger partial charge is 0.446 e. The molecule has 0 spiro atoms. The number of hydrogen-bond acceptors (Lipinski definition) is 3. The summed E-state index contributed by atoms with van der Waals surface area (Å²) in [5.74, 6) is 0.767. The molecule has 0 amide bonds. The molecule has 86 valence electrons. The maximum Gasteiger partial charge on any atom is 0.181 e. The van der Waals surface area contributed by atoms with E-state index in [1.807, 2.05) is 49.4 Å². The van der Waals surface area contributed by atoms with Gasteiger partial charge < -0.3 is 10.5 Å². The predicted molar refractivity (Wildman–Crippen MR) is 70.8 cm³/mol. The topological polar surface area (TPSA) is 47.6 Å². The first-order valence-corrected chi connectivity index (χ1v) is 5.36. The van der Waals surface area contributed by atoms with Crippen molar-refractivity contribution in [2.24, 2.45) is 4.99 Å². The van der Waals surface area contributed by atoms with Gasteiger partial charge in [-0.3, -0.25) is 0 Å². The Morgan fingerprint density at radius 1 is 1.12 bits per heavy atom. The summed E-state index contributed by atoms with van der Waals surface area (Å²) in [6.45, 7) is 2.01. The lowest BCUT2D eigenvalue weighted by Gasteiger charge is -2.01. The molecule has 0 saturated heterocycles. The van der Waals surface area contributed by atoms with Gasteiger partial charge in [-0.2, -0.15) is 0 Å². The van der Waals surface area contributed by atoms with Crippen LogP contribution in [0.4, 0.5) is 11.4 Å². The lowest BCUT2D eigenvalue weighted by molar-refractivity contribution is 0.574. The summed E-state index contributed by atoms with van der Waals surface area (Å²) in [7, 11) is 0. The third kappa shape index (κ3) is 3.08. The van der Waals surface area contributed by atoms with Gasteiger partial charge in [0.1, 0.15) is 5.75 Å². The van der Waals surface area contributed by atoms with Gasteiger partial charge in [0.25, 0.3) is 0 Å². The standard InChI is InChI=1S/C14H14N2O/c1-11-5-4-6-12(9-11)17-10-16-14-8-3-2-7-13(14)15/h2-10H,15H2,1H3. The van der Waals surface area contributed by atoms with Gasteiger partial charge in [0.05, 0.1) is 11.4 Å². The number of benzene rings is 2. The van der Waals surface area contributed by atoms with Gasteiger partial charge in [0, 0.05) is 0 Å². The number of rotatable bonds is 3. The Balaban J connectivity index is 2.06. The number of hydrogen-bond donors (Lipinski definition) is 1. The highest BCUT2D eigenvalue weighted by molar-refractivity contribution is 5.68. The summed E-state index contributed by atoms with van der Waals surface area (Å²) in [6.07, 6.45) is 1.40. The normalized spacial score (nSPS) is 10.6. The van der Waals surface area contributed by atoms with Gasteiger partial charge in [0.2, 0.25) is 0 Å². The van der Waals surface area contributed by atoms with Crippen LogP contribution >= 0.6 is 0 Å². The van der Waals surface area contributed by atoms with E-state index in [2.05, 4.69) is 4.99 Å². The van der Waals surface area contributed by atoms with Crippen molar-refractivity contribution in [2.75, 3.05) is 5.73 Å². The summed E-state index contributed by atoms with van der Waals surface area (Å²) >= 11 is 0. The molecule has 2 aromatic carbocycles. The summed E-state index contributed by atoms with van der Waals surface area (Å²) in [4.78, 5) is 4.16. The summed E-state index contributed by atoms with van der Waals surface area (Å²) in [5.41, 5.74) is 8.25. The molecule has 0 aromatic heterocycles. The van der Waals surface area contributed by atoms with E-state index < -0.39 is 0 Å². The Hall–Kier alpha value is -2.29. The number of para-hydroxylation sites is 2. The molecule has 0 saturated carbocycles. The quantitative estimate of drug-likeness (QED) is 0.496. The fraction of sp³-hybridized carbons (Fsp3) is 0.0714. The molecule has 0 radical (unpaired) electrons. The third-order valence-electron chi connectivity index (χ3n) is 2.31. The van der Waals surface area contributed by atoms with Crippen LogP contribution in [0.15, 0.2) is 53.5 Å². The van der Waals surface area contributed by atoms with E-state index in [4.69, 9.17) is 10.5 Å². The van der Waals surface area contributed by atoms with Crippen molar-refractivity contribution in [2.45, 2.75) is 6.92 Å². The van der Waals surface area contributed by atoms with Crippen molar-refractivity contribution in [3.8, 4) is 5.75 Å². The van der Waals surface area contributed by atoms with Crippen LogP contribution in [0.3, 0.4) is 0 Å². The Morgan fingerprint density at radius 3 is 2.71 bits per heavy atom. The van der Waals surface area contributed by atoms with E-state index in [0.29, 0.717) is 11.4 Å². The summed E-state index contributed by atoms with van der Waals surface area (Å²) in [5, 5.41) is 0. The second-order valence-electron chi connectivity index (χ2n) is 3.73. The van der Waals surface area contributed by atoms with Crippen LogP contribution < -0.4 is 10.5 Å². The molecular weight excluding hydrogens is 212 g/mol. The summed E-state index contributed by atoms with van der Waals surface area (Å²) in [6, 6.07) is 15.2. The van der Waals surface area contributed by atoms with Crippen molar-refractivity contribution in [1.82, 2.24) is 0 Å². The first kappa shape index (κ1) is 11.2. The number of nitrogen functional groups attached to an aromatic ring is 1. The number of aliphatic imine (C=N–C) groups is 1. The molecule has 3 nitrogen and oxygen atoms in total. The van der Waals surface area contributed by atoms with Gasteiger partial charge in [-0.1, -0.05) is 24.3 Å². The van der Waals surface area contributed by atoms with Gasteiger partial charge >= 0.3 is 0 Å². The van der Waals surface area contributed by atoms with Crippen LogP contribution in [0.2, 0.25) is 0 Å². The fourth-order valence-electron chi connectivity index (χ4n) is 1.44. The minimum atomic E-state index is 0.636. The van der Waals surface area contributed by atoms with E-state index in [0.717, 1.165) is 11.3 Å². The number of nitrogens with zero attached hydrogens (tertiary/aromatic N) is 1. The van der Waals surface area contributed by atoms with Crippen LogP contribution in [0.5, 0.6) is 5.75 Å². The zero-order valence-corrected chi connectivity index (χ0v) is 9.63.